The molecule has 4 aromatic rings. The minimum Gasteiger partial charge on any atom is -0.352 e. The molecule has 0 aliphatic rings. The van der Waals surface area contributed by atoms with Crippen molar-refractivity contribution in [3.63, 3.8) is 0 Å². The maximum absolute atomic E-state index is 13.6. The first-order valence-corrected chi connectivity index (χ1v) is 10.9. The summed E-state index contributed by atoms with van der Waals surface area (Å²) in [5.41, 5.74) is 1.75. The Morgan fingerprint density at radius 3 is 2.26 bits per heavy atom. The first-order valence-electron chi connectivity index (χ1n) is 10.9. The zero-order valence-corrected chi connectivity index (χ0v) is 18.9. The van der Waals surface area contributed by atoms with E-state index in [4.69, 9.17) is 0 Å². The van der Waals surface area contributed by atoms with Crippen LogP contribution in [0.15, 0.2) is 85.2 Å². The number of halogens is 3. The highest BCUT2D eigenvalue weighted by Gasteiger charge is 2.36. The van der Waals surface area contributed by atoms with Gasteiger partial charge in [0.2, 0.25) is 5.91 Å². The Morgan fingerprint density at radius 2 is 1.65 bits per heavy atom. The van der Waals surface area contributed by atoms with Crippen molar-refractivity contribution < 1.29 is 18.0 Å². The van der Waals surface area contributed by atoms with E-state index in [-0.39, 0.29) is 30.3 Å². The third-order valence-corrected chi connectivity index (χ3v) is 4.84. The fourth-order valence-electron chi connectivity index (χ4n) is 3.23. The summed E-state index contributed by atoms with van der Waals surface area (Å²) in [5.74, 6) is -0.132. The van der Waals surface area contributed by atoms with Gasteiger partial charge in [-0.15, -0.1) is 0 Å². The number of nitrogens with one attached hydrogen (secondary N) is 1. The van der Waals surface area contributed by atoms with Crippen LogP contribution in [0.5, 0.6) is 0 Å². The van der Waals surface area contributed by atoms with E-state index in [1.165, 1.54) is 6.20 Å². The molecule has 0 spiro atoms. The lowest BCUT2D eigenvalue weighted by atomic mass is 10.1. The zero-order valence-electron chi connectivity index (χ0n) is 18.9. The predicted molar refractivity (Wildman–Crippen MR) is 125 cm³/mol. The number of carbonyl (C=O) groups excluding carboxylic acids is 1. The maximum Gasteiger partial charge on any atom is 0.433 e. The lowest BCUT2D eigenvalue weighted by Gasteiger charge is -2.11. The fourth-order valence-corrected chi connectivity index (χ4v) is 3.23. The number of benzene rings is 2. The standard InChI is InChI=1S/C24H19F3N4O.C2H6/c25-24(26,27)22-14-21(19-7-4-12-28-16-19)30-31(22)20-10-8-18(9-11-20)15-29-23(32)13-17-5-2-1-3-6-17;1-2/h1-12,14,16H,13,15H2,(H,29,32);1-2H3. The Bertz CT molecular complexity index is 1190. The lowest BCUT2D eigenvalue weighted by molar-refractivity contribution is -0.142. The molecule has 0 aliphatic carbocycles. The Morgan fingerprint density at radius 1 is 0.941 bits per heavy atom. The van der Waals surface area contributed by atoms with Crippen molar-refractivity contribution in [1.82, 2.24) is 20.1 Å². The molecule has 34 heavy (non-hydrogen) atoms. The molecule has 176 valence electrons. The number of hydrogen-bond acceptors (Lipinski definition) is 3. The number of amides is 1. The van der Waals surface area contributed by atoms with Gasteiger partial charge in [-0.2, -0.15) is 18.3 Å². The van der Waals surface area contributed by atoms with Gasteiger partial charge in [0.15, 0.2) is 0 Å². The number of carbonyl (C=O) groups is 1. The van der Waals surface area contributed by atoms with Crippen molar-refractivity contribution in [3.05, 3.63) is 102 Å². The Labute approximate surface area is 196 Å². The predicted octanol–water partition coefficient (Wildman–Crippen LogP) is 5.84. The van der Waals surface area contributed by atoms with Crippen molar-refractivity contribution >= 4 is 5.91 Å². The summed E-state index contributed by atoms with van der Waals surface area (Å²) in [6, 6.07) is 20.1. The van der Waals surface area contributed by atoms with E-state index >= 15 is 0 Å². The minimum absolute atomic E-state index is 0.132. The Hall–Kier alpha value is -3.94. The van der Waals surface area contributed by atoms with Crippen molar-refractivity contribution in [2.24, 2.45) is 0 Å². The van der Waals surface area contributed by atoms with Crippen LogP contribution < -0.4 is 5.32 Å². The second-order valence-corrected chi connectivity index (χ2v) is 7.17. The maximum atomic E-state index is 13.6. The highest BCUT2D eigenvalue weighted by atomic mass is 19.4. The summed E-state index contributed by atoms with van der Waals surface area (Å²) in [6.07, 6.45) is -1.30. The third-order valence-electron chi connectivity index (χ3n) is 4.84. The summed E-state index contributed by atoms with van der Waals surface area (Å²) in [4.78, 5) is 16.1. The van der Waals surface area contributed by atoms with E-state index in [9.17, 15) is 18.0 Å². The van der Waals surface area contributed by atoms with Crippen LogP contribution in [0.2, 0.25) is 0 Å². The largest absolute Gasteiger partial charge is 0.433 e. The van der Waals surface area contributed by atoms with Gasteiger partial charge in [0.25, 0.3) is 0 Å². The molecular formula is C26H25F3N4O. The monoisotopic (exact) mass is 466 g/mol. The molecule has 5 nitrogen and oxygen atoms in total. The van der Waals surface area contributed by atoms with Crippen LogP contribution >= 0.6 is 0 Å². The minimum atomic E-state index is -4.57. The highest BCUT2D eigenvalue weighted by Crippen LogP contribution is 2.34. The summed E-state index contributed by atoms with van der Waals surface area (Å²) < 4.78 is 41.7. The van der Waals surface area contributed by atoms with Crippen LogP contribution in [0.3, 0.4) is 0 Å². The van der Waals surface area contributed by atoms with Gasteiger partial charge < -0.3 is 5.32 Å². The zero-order chi connectivity index (χ0) is 24.6. The number of alkyl halides is 3. The Kier molecular flexibility index (Phi) is 8.19. The topological polar surface area (TPSA) is 59.8 Å². The van der Waals surface area contributed by atoms with Crippen LogP contribution in [0.4, 0.5) is 13.2 Å². The van der Waals surface area contributed by atoms with Crippen LogP contribution in [0.25, 0.3) is 16.9 Å². The van der Waals surface area contributed by atoms with Crippen LogP contribution in [0, 0.1) is 0 Å². The summed E-state index contributed by atoms with van der Waals surface area (Å²) in [6.45, 7) is 4.28. The molecule has 4 rings (SSSR count). The van der Waals surface area contributed by atoms with E-state index in [0.717, 1.165) is 21.9 Å². The number of nitrogens with zero attached hydrogens (tertiary/aromatic N) is 3. The molecule has 2 aromatic heterocycles. The van der Waals surface area contributed by atoms with E-state index in [1.807, 2.05) is 44.2 Å². The van der Waals surface area contributed by atoms with Crippen molar-refractivity contribution in [2.75, 3.05) is 0 Å². The van der Waals surface area contributed by atoms with Crippen LogP contribution in [0.1, 0.15) is 30.7 Å². The average molecular weight is 467 g/mol. The van der Waals surface area contributed by atoms with E-state index in [2.05, 4.69) is 15.4 Å². The quantitative estimate of drug-likeness (QED) is 0.389. The molecule has 1 amide bonds. The molecule has 0 radical (unpaired) electrons. The van der Waals surface area contributed by atoms with Crippen molar-refractivity contribution in [3.8, 4) is 16.9 Å². The van der Waals surface area contributed by atoms with Gasteiger partial charge in [-0.3, -0.25) is 9.78 Å². The SMILES string of the molecule is CC.O=C(Cc1ccccc1)NCc1ccc(-n2nc(-c3cccnc3)cc2C(F)(F)F)cc1. The van der Waals surface area contributed by atoms with Crippen molar-refractivity contribution in [2.45, 2.75) is 33.0 Å². The smallest absolute Gasteiger partial charge is 0.352 e. The second kappa shape index (κ2) is 11.3. The van der Waals surface area contributed by atoms with Crippen molar-refractivity contribution in [1.29, 1.82) is 0 Å². The van der Waals surface area contributed by atoms with Crippen LogP contribution in [-0.2, 0) is 23.9 Å². The fraction of sp³-hybridized carbons (Fsp3) is 0.192. The van der Waals surface area contributed by atoms with E-state index in [0.29, 0.717) is 5.56 Å². The normalized spacial score (nSPS) is 10.9. The lowest BCUT2D eigenvalue weighted by Crippen LogP contribution is -2.24. The summed E-state index contributed by atoms with van der Waals surface area (Å²) >= 11 is 0. The molecule has 0 atom stereocenters. The summed E-state index contributed by atoms with van der Waals surface area (Å²) in [5, 5.41) is 6.97. The van der Waals surface area contributed by atoms with Crippen LogP contribution in [-0.4, -0.2) is 20.7 Å². The van der Waals surface area contributed by atoms with Gasteiger partial charge >= 0.3 is 6.18 Å². The van der Waals surface area contributed by atoms with Gasteiger partial charge in [0, 0.05) is 24.5 Å². The number of rotatable bonds is 6. The molecule has 8 heteroatoms. The molecular weight excluding hydrogens is 441 g/mol. The van der Waals surface area contributed by atoms with Gasteiger partial charge in [-0.05, 0) is 41.5 Å². The Balaban J connectivity index is 0.00000158. The average Bonchev–Trinajstić information content (AvgIpc) is 3.32. The molecule has 2 aromatic carbocycles. The van der Waals surface area contributed by atoms with Gasteiger partial charge in [-0.25, -0.2) is 4.68 Å². The molecule has 0 saturated carbocycles. The molecule has 0 saturated heterocycles. The first kappa shape index (κ1) is 24.7. The number of hydrogen-bond donors (Lipinski definition) is 1. The van der Waals surface area contributed by atoms with E-state index in [1.54, 1.807) is 42.6 Å². The molecule has 2 heterocycles. The molecule has 1 N–H and O–H groups in total. The third kappa shape index (κ3) is 6.31. The summed E-state index contributed by atoms with van der Waals surface area (Å²) in [7, 11) is 0. The first-order chi connectivity index (χ1) is 16.4. The molecule has 0 aliphatic heterocycles. The van der Waals surface area contributed by atoms with Gasteiger partial charge in [0.1, 0.15) is 5.69 Å². The number of aromatic nitrogens is 3. The second-order valence-electron chi connectivity index (χ2n) is 7.17. The molecule has 0 fully saturated rings. The number of pyridine rings is 1. The molecule has 0 unspecified atom stereocenters. The van der Waals surface area contributed by atoms with Gasteiger partial charge in [0.05, 0.1) is 17.8 Å². The highest BCUT2D eigenvalue weighted by molar-refractivity contribution is 5.78. The van der Waals surface area contributed by atoms with E-state index < -0.39 is 11.9 Å². The van der Waals surface area contributed by atoms with Gasteiger partial charge in [-0.1, -0.05) is 56.3 Å². The molecule has 0 bridgehead atoms.